The van der Waals surface area contributed by atoms with E-state index < -0.39 is 0 Å². The number of carbonyl (C=O) groups is 1. The molecule has 0 spiro atoms. The zero-order chi connectivity index (χ0) is 13.1. The van der Waals surface area contributed by atoms with Crippen LogP contribution in [-0.2, 0) is 11.3 Å². The van der Waals surface area contributed by atoms with E-state index in [4.69, 9.17) is 0 Å². The Balaban J connectivity index is 1.93. The van der Waals surface area contributed by atoms with E-state index in [1.54, 1.807) is 6.92 Å². The standard InChI is InChI=1S/C14H19FN2O/c1-11-9-16(7-8-17(11)12(2)18)10-13-3-5-14(15)6-4-13/h3-6,11H,7-10H2,1-2H3/t11-/m1/s1. The number of hydrogen-bond acceptors (Lipinski definition) is 2. The lowest BCUT2D eigenvalue weighted by Gasteiger charge is -2.39. The Morgan fingerprint density at radius 3 is 2.56 bits per heavy atom. The zero-order valence-electron chi connectivity index (χ0n) is 10.9. The molecule has 4 heteroatoms. The second kappa shape index (κ2) is 5.48. The van der Waals surface area contributed by atoms with Crippen LogP contribution in [0.4, 0.5) is 4.39 Å². The van der Waals surface area contributed by atoms with Crippen LogP contribution in [0.5, 0.6) is 0 Å². The van der Waals surface area contributed by atoms with Gasteiger partial charge < -0.3 is 4.90 Å². The highest BCUT2D eigenvalue weighted by Gasteiger charge is 2.24. The Kier molecular flexibility index (Phi) is 3.97. The molecule has 1 saturated heterocycles. The minimum absolute atomic E-state index is 0.143. The van der Waals surface area contributed by atoms with Gasteiger partial charge in [0.05, 0.1) is 0 Å². The van der Waals surface area contributed by atoms with E-state index in [1.807, 2.05) is 17.0 Å². The van der Waals surface area contributed by atoms with Crippen molar-refractivity contribution in [2.45, 2.75) is 26.4 Å². The van der Waals surface area contributed by atoms with Crippen molar-refractivity contribution in [2.24, 2.45) is 0 Å². The average molecular weight is 250 g/mol. The third-order valence-electron chi connectivity index (χ3n) is 3.44. The van der Waals surface area contributed by atoms with Crippen molar-refractivity contribution in [1.82, 2.24) is 9.80 Å². The minimum Gasteiger partial charge on any atom is -0.338 e. The molecule has 0 radical (unpaired) electrons. The first-order valence-corrected chi connectivity index (χ1v) is 6.30. The van der Waals surface area contributed by atoms with Gasteiger partial charge in [-0.3, -0.25) is 9.69 Å². The van der Waals surface area contributed by atoms with Crippen LogP contribution < -0.4 is 0 Å². The number of carbonyl (C=O) groups excluding carboxylic acids is 1. The molecule has 1 amide bonds. The number of rotatable bonds is 2. The molecule has 1 aromatic rings. The lowest BCUT2D eigenvalue weighted by molar-refractivity contribution is -0.133. The van der Waals surface area contributed by atoms with Gasteiger partial charge in [-0.15, -0.1) is 0 Å². The van der Waals surface area contributed by atoms with Gasteiger partial charge in [-0.25, -0.2) is 4.39 Å². The molecule has 1 aliphatic rings. The van der Waals surface area contributed by atoms with Gasteiger partial charge in [0.2, 0.25) is 5.91 Å². The Bertz CT molecular complexity index is 418. The van der Waals surface area contributed by atoms with Gasteiger partial charge in [0.1, 0.15) is 5.82 Å². The van der Waals surface area contributed by atoms with Crippen LogP contribution in [0.1, 0.15) is 19.4 Å². The SMILES string of the molecule is CC(=O)N1CCN(Cc2ccc(F)cc2)C[C@H]1C. The molecule has 1 aromatic carbocycles. The number of nitrogens with zero attached hydrogens (tertiary/aromatic N) is 2. The van der Waals surface area contributed by atoms with Crippen LogP contribution >= 0.6 is 0 Å². The van der Waals surface area contributed by atoms with Crippen LogP contribution in [0.15, 0.2) is 24.3 Å². The lowest BCUT2D eigenvalue weighted by atomic mass is 10.1. The maximum absolute atomic E-state index is 12.8. The molecule has 0 unspecified atom stereocenters. The van der Waals surface area contributed by atoms with Gasteiger partial charge >= 0.3 is 0 Å². The maximum Gasteiger partial charge on any atom is 0.219 e. The number of halogens is 1. The van der Waals surface area contributed by atoms with Crippen LogP contribution in [-0.4, -0.2) is 41.4 Å². The van der Waals surface area contributed by atoms with Crippen molar-refractivity contribution >= 4 is 5.91 Å². The minimum atomic E-state index is -0.200. The number of benzene rings is 1. The molecule has 2 rings (SSSR count). The van der Waals surface area contributed by atoms with Gasteiger partial charge in [-0.1, -0.05) is 12.1 Å². The largest absolute Gasteiger partial charge is 0.338 e. The van der Waals surface area contributed by atoms with Gasteiger partial charge in [0, 0.05) is 39.1 Å². The molecule has 0 bridgehead atoms. The fourth-order valence-corrected chi connectivity index (χ4v) is 2.49. The zero-order valence-corrected chi connectivity index (χ0v) is 10.9. The quantitative estimate of drug-likeness (QED) is 0.800. The molecular weight excluding hydrogens is 231 g/mol. The van der Waals surface area contributed by atoms with E-state index in [9.17, 15) is 9.18 Å². The Labute approximate surface area is 107 Å². The molecule has 0 aromatic heterocycles. The Morgan fingerprint density at radius 2 is 2.00 bits per heavy atom. The van der Waals surface area contributed by atoms with E-state index in [-0.39, 0.29) is 17.8 Å². The predicted molar refractivity (Wildman–Crippen MR) is 68.5 cm³/mol. The molecule has 18 heavy (non-hydrogen) atoms. The van der Waals surface area contributed by atoms with Crippen molar-refractivity contribution in [1.29, 1.82) is 0 Å². The van der Waals surface area contributed by atoms with Gasteiger partial charge in [0.15, 0.2) is 0 Å². The normalized spacial score (nSPS) is 21.1. The molecule has 1 aliphatic heterocycles. The summed E-state index contributed by atoms with van der Waals surface area (Å²) in [6.07, 6.45) is 0. The highest BCUT2D eigenvalue weighted by molar-refractivity contribution is 5.73. The third-order valence-corrected chi connectivity index (χ3v) is 3.44. The van der Waals surface area contributed by atoms with Crippen molar-refractivity contribution in [3.8, 4) is 0 Å². The maximum atomic E-state index is 12.8. The molecule has 0 N–H and O–H groups in total. The van der Waals surface area contributed by atoms with E-state index in [0.29, 0.717) is 0 Å². The van der Waals surface area contributed by atoms with Gasteiger partial charge in [0.25, 0.3) is 0 Å². The fraction of sp³-hybridized carbons (Fsp3) is 0.500. The highest BCUT2D eigenvalue weighted by Crippen LogP contribution is 2.13. The predicted octanol–water partition coefficient (Wildman–Crippen LogP) is 1.88. The molecule has 1 heterocycles. The van der Waals surface area contributed by atoms with Gasteiger partial charge in [-0.2, -0.15) is 0 Å². The molecule has 0 saturated carbocycles. The summed E-state index contributed by atoms with van der Waals surface area (Å²) in [4.78, 5) is 15.6. The lowest BCUT2D eigenvalue weighted by Crippen LogP contribution is -2.52. The summed E-state index contributed by atoms with van der Waals surface area (Å²) >= 11 is 0. The molecule has 3 nitrogen and oxygen atoms in total. The van der Waals surface area contributed by atoms with Crippen molar-refractivity contribution < 1.29 is 9.18 Å². The number of hydrogen-bond donors (Lipinski definition) is 0. The van der Waals surface area contributed by atoms with E-state index in [0.717, 1.165) is 31.7 Å². The van der Waals surface area contributed by atoms with Crippen molar-refractivity contribution in [3.63, 3.8) is 0 Å². The smallest absolute Gasteiger partial charge is 0.219 e. The first-order valence-electron chi connectivity index (χ1n) is 6.30. The van der Waals surface area contributed by atoms with Crippen LogP contribution in [0.2, 0.25) is 0 Å². The number of amides is 1. The third kappa shape index (κ3) is 3.07. The van der Waals surface area contributed by atoms with Crippen molar-refractivity contribution in [2.75, 3.05) is 19.6 Å². The highest BCUT2D eigenvalue weighted by atomic mass is 19.1. The monoisotopic (exact) mass is 250 g/mol. The van der Waals surface area contributed by atoms with Crippen LogP contribution in [0.3, 0.4) is 0 Å². The molecule has 0 aliphatic carbocycles. The number of piperazine rings is 1. The molecule has 98 valence electrons. The van der Waals surface area contributed by atoms with E-state index in [2.05, 4.69) is 11.8 Å². The first-order chi connectivity index (χ1) is 8.56. The Hall–Kier alpha value is -1.42. The summed E-state index contributed by atoms with van der Waals surface area (Å²) in [6.45, 7) is 7.02. The topological polar surface area (TPSA) is 23.6 Å². The fourth-order valence-electron chi connectivity index (χ4n) is 2.49. The first kappa shape index (κ1) is 13.0. The van der Waals surface area contributed by atoms with E-state index >= 15 is 0 Å². The second-order valence-corrected chi connectivity index (χ2v) is 4.92. The summed E-state index contributed by atoms with van der Waals surface area (Å²) in [5.74, 6) is -0.0579. The molecular formula is C14H19FN2O. The second-order valence-electron chi connectivity index (χ2n) is 4.92. The average Bonchev–Trinajstić information content (AvgIpc) is 2.32. The molecule has 1 atom stereocenters. The summed E-state index contributed by atoms with van der Waals surface area (Å²) < 4.78 is 12.8. The summed E-state index contributed by atoms with van der Waals surface area (Å²) in [6, 6.07) is 6.86. The molecule has 1 fully saturated rings. The van der Waals surface area contributed by atoms with Gasteiger partial charge in [-0.05, 0) is 24.6 Å². The summed E-state index contributed by atoms with van der Waals surface area (Å²) in [7, 11) is 0. The van der Waals surface area contributed by atoms with Crippen LogP contribution in [0.25, 0.3) is 0 Å². The van der Waals surface area contributed by atoms with E-state index in [1.165, 1.54) is 12.1 Å². The summed E-state index contributed by atoms with van der Waals surface area (Å²) in [5.41, 5.74) is 1.11. The Morgan fingerprint density at radius 1 is 1.33 bits per heavy atom. The van der Waals surface area contributed by atoms with Crippen LogP contribution in [0, 0.1) is 5.82 Å². The van der Waals surface area contributed by atoms with Crippen molar-refractivity contribution in [3.05, 3.63) is 35.6 Å². The summed E-state index contributed by atoms with van der Waals surface area (Å²) in [5, 5.41) is 0.